The maximum Gasteiger partial charge on any atom is 0.179 e. The maximum absolute atomic E-state index is 12.7. The molecule has 0 radical (unpaired) electrons. The minimum atomic E-state index is -3.26. The Labute approximate surface area is 142 Å². The van der Waals surface area contributed by atoms with E-state index in [1.165, 1.54) is 0 Å². The molecule has 1 rings (SSSR count). The smallest absolute Gasteiger partial charge is 0.179 e. The van der Waals surface area contributed by atoms with Crippen molar-refractivity contribution in [3.8, 4) is 0 Å². The number of hydrogen-bond acceptors (Lipinski definition) is 3. The van der Waals surface area contributed by atoms with E-state index < -0.39 is 9.84 Å². The Morgan fingerprint density at radius 3 is 2.22 bits per heavy atom. The van der Waals surface area contributed by atoms with E-state index in [0.29, 0.717) is 11.5 Å². The van der Waals surface area contributed by atoms with Crippen LogP contribution in [-0.4, -0.2) is 27.4 Å². The van der Waals surface area contributed by atoms with E-state index in [0.717, 1.165) is 25.0 Å². The average Bonchev–Trinajstić information content (AvgIpc) is 2.35. The number of hydrogen-bond donors (Lipinski definition) is 0. The number of benzene rings is 1. The van der Waals surface area contributed by atoms with E-state index in [9.17, 15) is 8.42 Å². The van der Waals surface area contributed by atoms with Gasteiger partial charge in [0.25, 0.3) is 0 Å². The fraction of sp³-hybridized carbons (Fsp3) is 0.684. The summed E-state index contributed by atoms with van der Waals surface area (Å²) in [6.07, 6.45) is 1.72. The van der Waals surface area contributed by atoms with E-state index in [-0.39, 0.29) is 16.6 Å². The van der Waals surface area contributed by atoms with Gasteiger partial charge in [-0.3, -0.25) is 0 Å². The number of ether oxygens (including phenoxy) is 1. The van der Waals surface area contributed by atoms with Gasteiger partial charge in [0.2, 0.25) is 0 Å². The van der Waals surface area contributed by atoms with Gasteiger partial charge in [0.05, 0.1) is 17.3 Å². The molecule has 0 aliphatic heterocycles. The van der Waals surface area contributed by atoms with Crippen molar-refractivity contribution < 1.29 is 13.2 Å². The first kappa shape index (κ1) is 20.2. The first-order chi connectivity index (χ1) is 10.4. The van der Waals surface area contributed by atoms with E-state index in [2.05, 4.69) is 20.8 Å². The first-order valence-corrected chi connectivity index (χ1v) is 9.94. The SMILES string of the molecule is Cc1ccccc1S(=O)(=O)CC(C)(C)CCCOCC(C)(C)C. The van der Waals surface area contributed by atoms with Crippen molar-refractivity contribution in [2.75, 3.05) is 19.0 Å². The summed E-state index contributed by atoms with van der Waals surface area (Å²) in [6.45, 7) is 13.7. The molecular formula is C19H32O3S. The van der Waals surface area contributed by atoms with Crippen molar-refractivity contribution in [3.05, 3.63) is 29.8 Å². The molecule has 0 unspecified atom stereocenters. The van der Waals surface area contributed by atoms with Crippen LogP contribution in [0.5, 0.6) is 0 Å². The number of sulfone groups is 1. The predicted octanol–water partition coefficient (Wildman–Crippen LogP) is 4.64. The van der Waals surface area contributed by atoms with Crippen LogP contribution in [0, 0.1) is 17.8 Å². The second-order valence-corrected chi connectivity index (χ2v) is 10.4. The zero-order valence-electron chi connectivity index (χ0n) is 15.5. The highest BCUT2D eigenvalue weighted by Crippen LogP contribution is 2.29. The van der Waals surface area contributed by atoms with Gasteiger partial charge < -0.3 is 4.74 Å². The Morgan fingerprint density at radius 1 is 1.04 bits per heavy atom. The molecule has 0 aromatic heterocycles. The summed E-state index contributed by atoms with van der Waals surface area (Å²) >= 11 is 0. The van der Waals surface area contributed by atoms with Gasteiger partial charge in [-0.2, -0.15) is 0 Å². The summed E-state index contributed by atoms with van der Waals surface area (Å²) in [6, 6.07) is 7.20. The van der Waals surface area contributed by atoms with Crippen molar-refractivity contribution in [1.29, 1.82) is 0 Å². The fourth-order valence-electron chi connectivity index (χ4n) is 2.60. The monoisotopic (exact) mass is 340 g/mol. The van der Waals surface area contributed by atoms with Gasteiger partial charge in [-0.15, -0.1) is 0 Å². The molecule has 3 nitrogen and oxygen atoms in total. The average molecular weight is 341 g/mol. The topological polar surface area (TPSA) is 43.4 Å². The van der Waals surface area contributed by atoms with Crippen LogP contribution < -0.4 is 0 Å². The Kier molecular flexibility index (Phi) is 6.84. The third-order valence-electron chi connectivity index (χ3n) is 3.69. The molecular weight excluding hydrogens is 308 g/mol. The predicted molar refractivity (Wildman–Crippen MR) is 96.5 cm³/mol. The molecule has 0 heterocycles. The highest BCUT2D eigenvalue weighted by molar-refractivity contribution is 7.91. The third kappa shape index (κ3) is 7.49. The normalized spacial score (nSPS) is 13.3. The van der Waals surface area contributed by atoms with Gasteiger partial charge in [0.15, 0.2) is 9.84 Å². The molecule has 0 bridgehead atoms. The molecule has 0 saturated carbocycles. The lowest BCUT2D eigenvalue weighted by molar-refractivity contribution is 0.0649. The van der Waals surface area contributed by atoms with Crippen molar-refractivity contribution in [3.63, 3.8) is 0 Å². The molecule has 0 N–H and O–H groups in total. The summed E-state index contributed by atoms with van der Waals surface area (Å²) in [5, 5.41) is 0. The van der Waals surface area contributed by atoms with Crippen LogP contribution in [0.25, 0.3) is 0 Å². The van der Waals surface area contributed by atoms with Crippen LogP contribution in [0.15, 0.2) is 29.2 Å². The zero-order chi connectivity index (χ0) is 17.7. The minimum absolute atomic E-state index is 0.170. The van der Waals surface area contributed by atoms with Crippen molar-refractivity contribution in [1.82, 2.24) is 0 Å². The summed E-state index contributed by atoms with van der Waals surface area (Å²) in [5.74, 6) is 0.171. The lowest BCUT2D eigenvalue weighted by atomic mass is 9.90. The molecule has 0 aliphatic carbocycles. The molecule has 0 atom stereocenters. The van der Waals surface area contributed by atoms with Crippen LogP contribution in [0.3, 0.4) is 0 Å². The summed E-state index contributed by atoms with van der Waals surface area (Å²) in [4.78, 5) is 0.456. The molecule has 0 spiro atoms. The summed E-state index contributed by atoms with van der Waals surface area (Å²) in [7, 11) is -3.26. The highest BCUT2D eigenvalue weighted by atomic mass is 32.2. The molecule has 1 aromatic rings. The van der Waals surface area contributed by atoms with Crippen LogP contribution >= 0.6 is 0 Å². The van der Waals surface area contributed by atoms with Gasteiger partial charge >= 0.3 is 0 Å². The van der Waals surface area contributed by atoms with Crippen LogP contribution in [0.2, 0.25) is 0 Å². The largest absolute Gasteiger partial charge is 0.381 e. The van der Waals surface area contributed by atoms with Gasteiger partial charge in [0, 0.05) is 6.61 Å². The Balaban J connectivity index is 2.56. The molecule has 4 heteroatoms. The molecule has 0 amide bonds. The van der Waals surface area contributed by atoms with Gasteiger partial charge in [-0.05, 0) is 42.2 Å². The zero-order valence-corrected chi connectivity index (χ0v) is 16.3. The quantitative estimate of drug-likeness (QED) is 0.648. The molecule has 132 valence electrons. The van der Waals surface area contributed by atoms with Gasteiger partial charge in [-0.25, -0.2) is 8.42 Å². The van der Waals surface area contributed by atoms with E-state index in [1.54, 1.807) is 12.1 Å². The standard InChI is InChI=1S/C19H32O3S/c1-16-10-7-8-11-17(16)23(20,21)15-19(5,6)12-9-13-22-14-18(2,3)4/h7-8,10-11H,9,12-15H2,1-6H3. The first-order valence-electron chi connectivity index (χ1n) is 8.29. The van der Waals surface area contributed by atoms with Gasteiger partial charge in [0.1, 0.15) is 0 Å². The summed E-state index contributed by atoms with van der Waals surface area (Å²) in [5.41, 5.74) is 0.729. The van der Waals surface area contributed by atoms with Crippen molar-refractivity contribution in [2.45, 2.75) is 59.3 Å². The van der Waals surface area contributed by atoms with Crippen LogP contribution in [-0.2, 0) is 14.6 Å². The Bertz CT molecular complexity index is 595. The molecule has 0 aliphatic rings. The number of rotatable bonds is 8. The summed E-state index contributed by atoms with van der Waals surface area (Å²) < 4.78 is 31.0. The molecule has 0 saturated heterocycles. The third-order valence-corrected chi connectivity index (χ3v) is 5.98. The maximum atomic E-state index is 12.7. The molecule has 23 heavy (non-hydrogen) atoms. The van der Waals surface area contributed by atoms with Crippen molar-refractivity contribution in [2.24, 2.45) is 10.8 Å². The fourth-order valence-corrected chi connectivity index (χ4v) is 4.77. The van der Waals surface area contributed by atoms with E-state index in [1.807, 2.05) is 32.9 Å². The second kappa shape index (κ2) is 7.80. The van der Waals surface area contributed by atoms with Crippen LogP contribution in [0.1, 0.15) is 53.0 Å². The van der Waals surface area contributed by atoms with Gasteiger partial charge in [-0.1, -0.05) is 52.8 Å². The molecule has 0 fully saturated rings. The lowest BCUT2D eigenvalue weighted by Gasteiger charge is -2.25. The Morgan fingerprint density at radius 2 is 1.65 bits per heavy atom. The number of aryl methyl sites for hydroxylation is 1. The molecule has 1 aromatic carbocycles. The lowest BCUT2D eigenvalue weighted by Crippen LogP contribution is -2.25. The Hall–Kier alpha value is -0.870. The van der Waals surface area contributed by atoms with E-state index >= 15 is 0 Å². The minimum Gasteiger partial charge on any atom is -0.381 e. The highest BCUT2D eigenvalue weighted by Gasteiger charge is 2.28. The van der Waals surface area contributed by atoms with E-state index in [4.69, 9.17) is 4.74 Å². The van der Waals surface area contributed by atoms with Crippen LogP contribution in [0.4, 0.5) is 0 Å². The van der Waals surface area contributed by atoms with Crippen molar-refractivity contribution >= 4 is 9.84 Å². The second-order valence-electron chi connectivity index (χ2n) is 8.41.